The van der Waals surface area contributed by atoms with Crippen molar-refractivity contribution in [3.8, 4) is 0 Å². The lowest BCUT2D eigenvalue weighted by atomic mass is 10.1. The molecular formula is C9H15N3O2. The van der Waals surface area contributed by atoms with Crippen molar-refractivity contribution < 1.29 is 10.2 Å². The Morgan fingerprint density at radius 1 is 1.57 bits per heavy atom. The zero-order chi connectivity index (χ0) is 10.6. The third kappa shape index (κ3) is 3.20. The lowest BCUT2D eigenvalue weighted by Gasteiger charge is -2.21. The summed E-state index contributed by atoms with van der Waals surface area (Å²) in [5.41, 5.74) is 5.66. The fraction of sp³-hybridized carbons (Fsp3) is 0.444. The summed E-state index contributed by atoms with van der Waals surface area (Å²) < 4.78 is 0. The van der Waals surface area contributed by atoms with Crippen molar-refractivity contribution in [3.63, 3.8) is 0 Å². The van der Waals surface area contributed by atoms with Gasteiger partial charge in [0.05, 0.1) is 24.2 Å². The number of nitrogens with one attached hydrogen (secondary N) is 1. The molecule has 78 valence electrons. The molecule has 0 bridgehead atoms. The summed E-state index contributed by atoms with van der Waals surface area (Å²) in [5, 5.41) is 21.2. The highest BCUT2D eigenvalue weighted by molar-refractivity contribution is 5.51. The van der Waals surface area contributed by atoms with Crippen LogP contribution in [0.1, 0.15) is 6.92 Å². The zero-order valence-electron chi connectivity index (χ0n) is 8.07. The largest absolute Gasteiger partial charge is 0.397 e. The van der Waals surface area contributed by atoms with E-state index in [1.165, 1.54) is 6.20 Å². The molecule has 0 radical (unpaired) electrons. The first-order valence-corrected chi connectivity index (χ1v) is 4.31. The van der Waals surface area contributed by atoms with Crippen LogP contribution < -0.4 is 11.1 Å². The third-order valence-electron chi connectivity index (χ3n) is 1.77. The number of nitrogen functional groups attached to an aromatic ring is 1. The van der Waals surface area contributed by atoms with Crippen molar-refractivity contribution in [2.45, 2.75) is 12.5 Å². The highest BCUT2D eigenvalue weighted by Gasteiger charge is 2.18. The Morgan fingerprint density at radius 3 is 2.86 bits per heavy atom. The van der Waals surface area contributed by atoms with Crippen LogP contribution in [0.15, 0.2) is 18.5 Å². The van der Waals surface area contributed by atoms with E-state index < -0.39 is 5.60 Å². The summed E-state index contributed by atoms with van der Waals surface area (Å²) >= 11 is 0. The summed E-state index contributed by atoms with van der Waals surface area (Å²) in [7, 11) is 0. The molecule has 1 atom stereocenters. The van der Waals surface area contributed by atoms with Gasteiger partial charge in [-0.05, 0) is 13.0 Å². The van der Waals surface area contributed by atoms with Crippen LogP contribution >= 0.6 is 0 Å². The average Bonchev–Trinajstić information content (AvgIpc) is 2.15. The van der Waals surface area contributed by atoms with Crippen molar-refractivity contribution in [2.24, 2.45) is 0 Å². The van der Waals surface area contributed by atoms with Crippen LogP contribution in [0.5, 0.6) is 0 Å². The van der Waals surface area contributed by atoms with Gasteiger partial charge in [0.2, 0.25) is 0 Å². The topological polar surface area (TPSA) is 91.4 Å². The van der Waals surface area contributed by atoms with E-state index in [4.69, 9.17) is 10.8 Å². The number of nitrogens with two attached hydrogens (primary N) is 1. The second kappa shape index (κ2) is 4.26. The third-order valence-corrected chi connectivity index (χ3v) is 1.77. The smallest absolute Gasteiger partial charge is 0.102 e. The predicted octanol–water partition coefficient (Wildman–Crippen LogP) is -0.181. The van der Waals surface area contributed by atoms with E-state index in [2.05, 4.69) is 10.3 Å². The molecular weight excluding hydrogens is 182 g/mol. The molecule has 5 heteroatoms. The number of aliphatic hydroxyl groups is 2. The number of nitrogens with zero attached hydrogens (tertiary/aromatic N) is 1. The van der Waals surface area contributed by atoms with Crippen LogP contribution in [-0.2, 0) is 0 Å². The zero-order valence-corrected chi connectivity index (χ0v) is 8.07. The molecule has 5 N–H and O–H groups in total. The van der Waals surface area contributed by atoms with Gasteiger partial charge >= 0.3 is 0 Å². The maximum absolute atomic E-state index is 9.49. The van der Waals surface area contributed by atoms with Gasteiger partial charge in [0.1, 0.15) is 5.60 Å². The Bertz CT molecular complexity index is 302. The number of pyridine rings is 1. The van der Waals surface area contributed by atoms with Crippen LogP contribution in [0.25, 0.3) is 0 Å². The summed E-state index contributed by atoms with van der Waals surface area (Å²) in [6, 6.07) is 1.71. The van der Waals surface area contributed by atoms with Crippen molar-refractivity contribution >= 4 is 11.4 Å². The van der Waals surface area contributed by atoms with Crippen LogP contribution in [0.2, 0.25) is 0 Å². The van der Waals surface area contributed by atoms with Crippen molar-refractivity contribution in [1.29, 1.82) is 0 Å². The number of aromatic nitrogens is 1. The molecule has 1 rings (SSSR count). The molecule has 0 aliphatic carbocycles. The van der Waals surface area contributed by atoms with Gasteiger partial charge in [0.25, 0.3) is 0 Å². The molecule has 0 saturated heterocycles. The van der Waals surface area contributed by atoms with Crippen molar-refractivity contribution in [3.05, 3.63) is 18.5 Å². The molecule has 1 aromatic rings. The molecule has 1 aromatic heterocycles. The van der Waals surface area contributed by atoms with Gasteiger partial charge in [0, 0.05) is 12.7 Å². The van der Waals surface area contributed by atoms with E-state index >= 15 is 0 Å². The van der Waals surface area contributed by atoms with Gasteiger partial charge in [-0.15, -0.1) is 0 Å². The van der Waals surface area contributed by atoms with Crippen LogP contribution in [0, 0.1) is 0 Å². The van der Waals surface area contributed by atoms with Gasteiger partial charge in [0.15, 0.2) is 0 Å². The van der Waals surface area contributed by atoms with Gasteiger partial charge in [-0.3, -0.25) is 4.98 Å². The van der Waals surface area contributed by atoms with Gasteiger partial charge in [-0.1, -0.05) is 0 Å². The first-order chi connectivity index (χ1) is 6.53. The van der Waals surface area contributed by atoms with Crippen LogP contribution in [-0.4, -0.2) is 33.9 Å². The van der Waals surface area contributed by atoms with E-state index in [0.717, 1.165) is 5.69 Å². The highest BCUT2D eigenvalue weighted by atomic mass is 16.3. The molecule has 5 nitrogen and oxygen atoms in total. The highest BCUT2D eigenvalue weighted by Crippen LogP contribution is 2.11. The van der Waals surface area contributed by atoms with Crippen LogP contribution in [0.4, 0.5) is 11.4 Å². The monoisotopic (exact) mass is 197 g/mol. The lowest BCUT2D eigenvalue weighted by Crippen LogP contribution is -2.37. The summed E-state index contributed by atoms with van der Waals surface area (Å²) in [6.07, 6.45) is 3.14. The summed E-state index contributed by atoms with van der Waals surface area (Å²) in [4.78, 5) is 3.88. The first kappa shape index (κ1) is 10.7. The summed E-state index contributed by atoms with van der Waals surface area (Å²) in [5.74, 6) is 0. The van der Waals surface area contributed by atoms with E-state index in [1.54, 1.807) is 19.2 Å². The number of rotatable bonds is 4. The Labute approximate surface area is 82.6 Å². The van der Waals surface area contributed by atoms with Gasteiger partial charge < -0.3 is 21.3 Å². The molecule has 0 fully saturated rings. The maximum Gasteiger partial charge on any atom is 0.102 e. The second-order valence-corrected chi connectivity index (χ2v) is 3.52. The molecule has 0 aliphatic heterocycles. The Balaban J connectivity index is 2.54. The summed E-state index contributed by atoms with van der Waals surface area (Å²) in [6.45, 7) is 1.49. The SMILES string of the molecule is CC(O)(CO)CNc1cncc(N)c1. The number of hydrogen-bond donors (Lipinski definition) is 4. The fourth-order valence-corrected chi connectivity index (χ4v) is 0.903. The van der Waals surface area contributed by atoms with Gasteiger partial charge in [-0.25, -0.2) is 0 Å². The Morgan fingerprint density at radius 2 is 2.29 bits per heavy atom. The second-order valence-electron chi connectivity index (χ2n) is 3.52. The molecule has 14 heavy (non-hydrogen) atoms. The maximum atomic E-state index is 9.49. The lowest BCUT2D eigenvalue weighted by molar-refractivity contribution is 0.0132. The predicted molar refractivity (Wildman–Crippen MR) is 54.8 cm³/mol. The van der Waals surface area contributed by atoms with Crippen molar-refractivity contribution in [2.75, 3.05) is 24.2 Å². The quantitative estimate of drug-likeness (QED) is 0.537. The molecule has 0 spiro atoms. The normalized spacial score (nSPS) is 14.8. The van der Waals surface area contributed by atoms with Crippen LogP contribution in [0.3, 0.4) is 0 Å². The fourth-order valence-electron chi connectivity index (χ4n) is 0.903. The molecule has 0 aromatic carbocycles. The minimum Gasteiger partial charge on any atom is -0.397 e. The minimum absolute atomic E-state index is 0.245. The Hall–Kier alpha value is -1.33. The van der Waals surface area contributed by atoms with Gasteiger partial charge in [-0.2, -0.15) is 0 Å². The van der Waals surface area contributed by atoms with Crippen molar-refractivity contribution in [1.82, 2.24) is 4.98 Å². The van der Waals surface area contributed by atoms with E-state index in [-0.39, 0.29) is 13.2 Å². The molecule has 1 unspecified atom stereocenters. The molecule has 1 heterocycles. The minimum atomic E-state index is -1.13. The van der Waals surface area contributed by atoms with E-state index in [1.807, 2.05) is 0 Å². The standard InChI is InChI=1S/C9H15N3O2/c1-9(14,6-13)5-12-8-2-7(10)3-11-4-8/h2-4,12-14H,5-6,10H2,1H3. The number of anilines is 2. The number of hydrogen-bond acceptors (Lipinski definition) is 5. The molecule has 0 saturated carbocycles. The van der Waals surface area contributed by atoms with E-state index in [9.17, 15) is 5.11 Å². The van der Waals surface area contributed by atoms with E-state index in [0.29, 0.717) is 5.69 Å². The number of aliphatic hydroxyl groups excluding tert-OH is 1. The molecule has 0 aliphatic rings. The molecule has 0 amide bonds. The Kier molecular flexibility index (Phi) is 3.27. The first-order valence-electron chi connectivity index (χ1n) is 4.31. The average molecular weight is 197 g/mol.